The van der Waals surface area contributed by atoms with Crippen LogP contribution in [0.2, 0.25) is 0 Å². The maximum Gasteiger partial charge on any atom is 0.412 e. The van der Waals surface area contributed by atoms with E-state index in [4.69, 9.17) is 15.7 Å². The van der Waals surface area contributed by atoms with E-state index in [1.165, 1.54) is 6.08 Å². The maximum absolute atomic E-state index is 12.9. The zero-order chi connectivity index (χ0) is 28.6. The minimum Gasteiger partial charge on any atom is -0.506 e. The summed E-state index contributed by atoms with van der Waals surface area (Å²) in [6, 6.07) is 18.8. The highest BCUT2D eigenvalue weighted by Crippen LogP contribution is 2.46. The molecule has 1 atom stereocenters. The number of hydrogen-bond acceptors (Lipinski definition) is 6. The van der Waals surface area contributed by atoms with Gasteiger partial charge in [0.1, 0.15) is 11.9 Å². The molecule has 0 spiro atoms. The van der Waals surface area contributed by atoms with Crippen LogP contribution in [0.25, 0.3) is 0 Å². The lowest BCUT2D eigenvalue weighted by Gasteiger charge is -2.34. The predicted octanol–water partition coefficient (Wildman–Crippen LogP) is 7.66. The van der Waals surface area contributed by atoms with E-state index >= 15 is 0 Å². The first-order chi connectivity index (χ1) is 18.5. The topological polar surface area (TPSA) is 137 Å². The molecule has 8 nitrogen and oxygen atoms in total. The lowest BCUT2D eigenvalue weighted by atomic mass is 9.78. The van der Waals surface area contributed by atoms with Gasteiger partial charge in [-0.05, 0) is 83.4 Å². The number of carbonyl (C=O) groups is 2. The maximum atomic E-state index is 12.9. The van der Waals surface area contributed by atoms with Crippen molar-refractivity contribution in [2.45, 2.75) is 32.8 Å². The van der Waals surface area contributed by atoms with E-state index in [1.54, 1.807) is 66.7 Å². The standard InChI is InChI=1S/C29H28Br2N4O4/c1-29(2,14-6-5-9-25(36)35-24-8-4-3-7-23(24)33)27(21-15-19(30)16-22(31)26(21)37)39-28(38)34-20-12-10-18(17-32)11-13-20/h3-5,7-13,15-16,27,37H,6,14,33H2,1-2H3,(H,34,38)(H,35,36)/b9-5+/t27-/m1/s1. The van der Waals surface area contributed by atoms with Crippen molar-refractivity contribution in [2.24, 2.45) is 5.41 Å². The van der Waals surface area contributed by atoms with E-state index < -0.39 is 17.6 Å². The Labute approximate surface area is 244 Å². The summed E-state index contributed by atoms with van der Waals surface area (Å²) in [6.07, 6.45) is 2.62. The number of phenolic OH excluding ortho intramolecular Hbond substituents is 1. The van der Waals surface area contributed by atoms with Crippen molar-refractivity contribution in [2.75, 3.05) is 16.4 Å². The van der Waals surface area contributed by atoms with Crippen LogP contribution in [0.1, 0.15) is 43.9 Å². The molecule has 5 N–H and O–H groups in total. The zero-order valence-corrected chi connectivity index (χ0v) is 24.5. The Balaban J connectivity index is 1.75. The van der Waals surface area contributed by atoms with Crippen LogP contribution in [-0.4, -0.2) is 17.1 Å². The van der Waals surface area contributed by atoms with Crippen LogP contribution in [0.15, 0.2) is 81.8 Å². The molecule has 0 bridgehead atoms. The second-order valence-electron chi connectivity index (χ2n) is 9.43. The van der Waals surface area contributed by atoms with Crippen LogP contribution < -0.4 is 16.4 Å². The Morgan fingerprint density at radius 1 is 1.13 bits per heavy atom. The SMILES string of the molecule is CC(C)(CC/C=C/C(=O)Nc1ccccc1N)[C@H](OC(=O)Nc1ccc(C#N)cc1)c1cc(Br)cc(Br)c1O. The molecule has 10 heteroatoms. The number of rotatable bonds is 9. The highest BCUT2D eigenvalue weighted by atomic mass is 79.9. The number of carbonyl (C=O) groups excluding carboxylic acids is 2. The molecule has 0 aliphatic carbocycles. The van der Waals surface area contributed by atoms with Crippen molar-refractivity contribution in [1.29, 1.82) is 5.26 Å². The summed E-state index contributed by atoms with van der Waals surface area (Å²) in [4.78, 5) is 25.2. The van der Waals surface area contributed by atoms with Gasteiger partial charge in [0, 0.05) is 21.1 Å². The van der Waals surface area contributed by atoms with E-state index in [-0.39, 0.29) is 11.7 Å². The summed E-state index contributed by atoms with van der Waals surface area (Å²) >= 11 is 6.79. The number of nitrogen functional groups attached to an aromatic ring is 1. The van der Waals surface area contributed by atoms with Crippen molar-refractivity contribution in [3.05, 3.63) is 92.9 Å². The van der Waals surface area contributed by atoms with Crippen molar-refractivity contribution >= 4 is 60.9 Å². The smallest absolute Gasteiger partial charge is 0.412 e. The van der Waals surface area contributed by atoms with E-state index in [0.29, 0.717) is 50.0 Å². The molecule has 0 saturated carbocycles. The molecule has 0 aromatic heterocycles. The Kier molecular flexibility index (Phi) is 10.2. The number of nitriles is 1. The summed E-state index contributed by atoms with van der Waals surface area (Å²) in [5, 5.41) is 25.2. The number of nitrogens with two attached hydrogens (primary N) is 1. The molecule has 202 valence electrons. The Morgan fingerprint density at radius 3 is 2.49 bits per heavy atom. The molecule has 3 aromatic rings. The Bertz CT molecular complexity index is 1420. The quantitative estimate of drug-likeness (QED) is 0.138. The lowest BCUT2D eigenvalue weighted by molar-refractivity contribution is -0.111. The molecule has 0 saturated heterocycles. The molecule has 0 aliphatic heterocycles. The number of amides is 2. The van der Waals surface area contributed by atoms with Gasteiger partial charge < -0.3 is 20.9 Å². The number of nitrogens with one attached hydrogen (secondary N) is 2. The molecule has 0 fully saturated rings. The largest absolute Gasteiger partial charge is 0.506 e. The minimum atomic E-state index is -0.851. The monoisotopic (exact) mass is 654 g/mol. The van der Waals surface area contributed by atoms with Crippen LogP contribution in [-0.2, 0) is 9.53 Å². The molecule has 39 heavy (non-hydrogen) atoms. The highest BCUT2D eigenvalue weighted by Gasteiger charge is 2.36. The average Bonchev–Trinajstić information content (AvgIpc) is 2.89. The number of nitrogens with zero attached hydrogens (tertiary/aromatic N) is 1. The number of halogens is 2. The molecule has 3 aromatic carbocycles. The van der Waals surface area contributed by atoms with Gasteiger partial charge in [-0.2, -0.15) is 5.26 Å². The second-order valence-corrected chi connectivity index (χ2v) is 11.2. The van der Waals surface area contributed by atoms with E-state index in [1.807, 2.05) is 19.9 Å². The lowest BCUT2D eigenvalue weighted by Crippen LogP contribution is -2.29. The van der Waals surface area contributed by atoms with Gasteiger partial charge in [-0.25, -0.2) is 4.79 Å². The number of para-hydroxylation sites is 2. The molecule has 2 amide bonds. The van der Waals surface area contributed by atoms with E-state index in [0.717, 1.165) is 0 Å². The summed E-state index contributed by atoms with van der Waals surface area (Å²) in [5.74, 6) is -0.355. The molecular formula is C29H28Br2N4O4. The number of anilines is 3. The van der Waals surface area contributed by atoms with Crippen molar-refractivity contribution in [3.8, 4) is 11.8 Å². The molecule has 0 unspecified atom stereocenters. The molecule has 0 heterocycles. The third-order valence-electron chi connectivity index (χ3n) is 5.98. The van der Waals surface area contributed by atoms with Crippen LogP contribution >= 0.6 is 31.9 Å². The number of aromatic hydroxyl groups is 1. The first-order valence-electron chi connectivity index (χ1n) is 12.0. The van der Waals surface area contributed by atoms with Gasteiger partial charge in [0.15, 0.2) is 0 Å². The Morgan fingerprint density at radius 2 is 1.82 bits per heavy atom. The first kappa shape index (κ1) is 29.7. The first-order valence-corrected chi connectivity index (χ1v) is 13.6. The summed E-state index contributed by atoms with van der Waals surface area (Å²) < 4.78 is 7.02. The molecule has 0 aliphatic rings. The fraction of sp³-hybridized carbons (Fsp3) is 0.207. The number of benzene rings is 3. The average molecular weight is 656 g/mol. The summed E-state index contributed by atoms with van der Waals surface area (Å²) in [5.41, 5.74) is 7.56. The third-order valence-corrected chi connectivity index (χ3v) is 7.04. The van der Waals surface area contributed by atoms with Gasteiger partial charge in [-0.15, -0.1) is 0 Å². The third kappa shape index (κ3) is 8.34. The van der Waals surface area contributed by atoms with Crippen molar-refractivity contribution < 1.29 is 19.4 Å². The zero-order valence-electron chi connectivity index (χ0n) is 21.4. The number of phenols is 1. The van der Waals surface area contributed by atoms with Crippen LogP contribution in [0.4, 0.5) is 21.9 Å². The Hall–Kier alpha value is -3.81. The van der Waals surface area contributed by atoms with Gasteiger partial charge in [0.2, 0.25) is 5.91 Å². The normalized spacial score (nSPS) is 12.0. The second kappa shape index (κ2) is 13.3. The number of allylic oxidation sites excluding steroid dienone is 1. The van der Waals surface area contributed by atoms with Gasteiger partial charge >= 0.3 is 6.09 Å². The van der Waals surface area contributed by atoms with Crippen LogP contribution in [0, 0.1) is 16.7 Å². The number of ether oxygens (including phenoxy) is 1. The summed E-state index contributed by atoms with van der Waals surface area (Å²) in [6.45, 7) is 3.83. The minimum absolute atomic E-state index is 0.0437. The van der Waals surface area contributed by atoms with Gasteiger partial charge in [-0.3, -0.25) is 10.1 Å². The number of hydrogen-bond donors (Lipinski definition) is 4. The van der Waals surface area contributed by atoms with Crippen molar-refractivity contribution in [1.82, 2.24) is 0 Å². The van der Waals surface area contributed by atoms with Gasteiger partial charge in [0.25, 0.3) is 0 Å². The highest BCUT2D eigenvalue weighted by molar-refractivity contribution is 9.11. The molecule has 0 radical (unpaired) electrons. The fourth-order valence-corrected chi connectivity index (χ4v) is 5.13. The predicted molar refractivity (Wildman–Crippen MR) is 159 cm³/mol. The van der Waals surface area contributed by atoms with Crippen molar-refractivity contribution in [3.63, 3.8) is 0 Å². The molecule has 3 rings (SSSR count). The fourth-order valence-electron chi connectivity index (χ4n) is 3.87. The van der Waals surface area contributed by atoms with E-state index in [9.17, 15) is 14.7 Å². The van der Waals surface area contributed by atoms with Gasteiger partial charge in [-0.1, -0.05) is 48.0 Å². The van der Waals surface area contributed by atoms with E-state index in [2.05, 4.69) is 42.5 Å². The summed E-state index contributed by atoms with van der Waals surface area (Å²) in [7, 11) is 0. The molecular weight excluding hydrogens is 628 g/mol. The van der Waals surface area contributed by atoms with Crippen LogP contribution in [0.5, 0.6) is 5.75 Å². The van der Waals surface area contributed by atoms with Crippen LogP contribution in [0.3, 0.4) is 0 Å². The van der Waals surface area contributed by atoms with Gasteiger partial charge in [0.05, 0.1) is 27.5 Å².